The summed E-state index contributed by atoms with van der Waals surface area (Å²) in [5.74, 6) is 0. The molecule has 0 radical (unpaired) electrons. The highest BCUT2D eigenvalue weighted by molar-refractivity contribution is 6.44. The molecule has 0 fully saturated rings. The largest absolute Gasteiger partial charge is 0.242 e. The van der Waals surface area contributed by atoms with Crippen LogP contribution in [0.5, 0.6) is 0 Å². The first-order valence-electron chi connectivity index (χ1n) is 3.55. The molecule has 0 unspecified atom stereocenters. The first-order valence-corrected chi connectivity index (χ1v) is 5.06. The van der Waals surface area contributed by atoms with Crippen LogP contribution in [0.15, 0.2) is 12.3 Å². The second-order valence-corrected chi connectivity index (χ2v) is 4.07. The zero-order valence-corrected chi connectivity index (χ0v) is 9.58. The number of nitrogens with zero attached hydrogens (tertiary/aromatic N) is 2. The van der Waals surface area contributed by atoms with Crippen LogP contribution in [-0.2, 0) is 0 Å². The summed E-state index contributed by atoms with van der Waals surface area (Å²) in [5.41, 5.74) is 0. The van der Waals surface area contributed by atoms with E-state index < -0.39 is 0 Å². The van der Waals surface area contributed by atoms with Gasteiger partial charge in [-0.05, 0) is 6.07 Å². The van der Waals surface area contributed by atoms with Crippen LogP contribution in [0.1, 0.15) is 0 Å². The van der Waals surface area contributed by atoms with Gasteiger partial charge in [0, 0.05) is 11.6 Å². The zero-order chi connectivity index (χ0) is 10.3. The number of hydrogen-bond acceptors (Lipinski definition) is 2. The Morgan fingerprint density at radius 2 is 1.71 bits per heavy atom. The van der Waals surface area contributed by atoms with Crippen molar-refractivity contribution in [3.05, 3.63) is 32.7 Å². The molecular weight excluding hydrogens is 266 g/mol. The Labute approximate surface area is 99.8 Å². The molecule has 0 amide bonds. The molecule has 6 heteroatoms. The van der Waals surface area contributed by atoms with E-state index in [0.29, 0.717) is 15.8 Å². The first-order chi connectivity index (χ1) is 6.59. The van der Waals surface area contributed by atoms with Gasteiger partial charge in [0.25, 0.3) is 0 Å². The molecule has 2 heterocycles. The van der Waals surface area contributed by atoms with Crippen LogP contribution >= 0.6 is 46.4 Å². The van der Waals surface area contributed by atoms with Gasteiger partial charge in [-0.1, -0.05) is 46.4 Å². The summed E-state index contributed by atoms with van der Waals surface area (Å²) >= 11 is 23.3. The van der Waals surface area contributed by atoms with E-state index in [4.69, 9.17) is 46.4 Å². The number of fused-ring (bicyclic) bond motifs is 1. The van der Waals surface area contributed by atoms with Crippen molar-refractivity contribution in [2.24, 2.45) is 0 Å². The van der Waals surface area contributed by atoms with Crippen LogP contribution in [0.3, 0.4) is 0 Å². The minimum atomic E-state index is 0.201. The highest BCUT2D eigenvalue weighted by Gasteiger charge is 2.10. The molecule has 2 nitrogen and oxygen atoms in total. The molecule has 0 atom stereocenters. The van der Waals surface area contributed by atoms with Crippen molar-refractivity contribution in [2.45, 2.75) is 0 Å². The summed E-state index contributed by atoms with van der Waals surface area (Å²) < 4.78 is 0. The Hall–Kier alpha value is -0.280. The van der Waals surface area contributed by atoms with E-state index in [1.165, 1.54) is 6.20 Å². The summed E-state index contributed by atoms with van der Waals surface area (Å²) in [6, 6.07) is 1.60. The topological polar surface area (TPSA) is 25.8 Å². The maximum atomic E-state index is 5.91. The van der Waals surface area contributed by atoms with Gasteiger partial charge in [-0.3, -0.25) is 0 Å². The fourth-order valence-corrected chi connectivity index (χ4v) is 2.12. The number of halogens is 4. The van der Waals surface area contributed by atoms with Crippen LogP contribution < -0.4 is 0 Å². The third-order valence-corrected chi connectivity index (χ3v) is 2.75. The smallest absolute Gasteiger partial charge is 0.141 e. The van der Waals surface area contributed by atoms with Crippen LogP contribution in [0.2, 0.25) is 20.5 Å². The monoisotopic (exact) mass is 266 g/mol. The molecule has 0 bridgehead atoms. The van der Waals surface area contributed by atoms with Crippen LogP contribution in [-0.4, -0.2) is 9.97 Å². The molecule has 0 N–H and O–H groups in total. The fraction of sp³-hybridized carbons (Fsp3) is 0. The standard InChI is InChI=1S/C8H2Cl4N2/c9-4-2-13-7(11)6-3(4)1-5(10)14-8(6)12/h1-2H. The Morgan fingerprint density at radius 3 is 2.43 bits per heavy atom. The van der Waals surface area contributed by atoms with Gasteiger partial charge >= 0.3 is 0 Å². The second kappa shape index (κ2) is 3.70. The van der Waals surface area contributed by atoms with E-state index in [0.717, 1.165) is 0 Å². The maximum absolute atomic E-state index is 5.91. The molecule has 0 aromatic carbocycles. The van der Waals surface area contributed by atoms with Crippen LogP contribution in [0.25, 0.3) is 10.8 Å². The van der Waals surface area contributed by atoms with Gasteiger partial charge < -0.3 is 0 Å². The Kier molecular flexibility index (Phi) is 2.71. The quantitative estimate of drug-likeness (QED) is 0.667. The van der Waals surface area contributed by atoms with Crippen molar-refractivity contribution in [1.82, 2.24) is 9.97 Å². The highest BCUT2D eigenvalue weighted by atomic mass is 35.5. The molecule has 0 saturated carbocycles. The van der Waals surface area contributed by atoms with Crippen LogP contribution in [0.4, 0.5) is 0 Å². The van der Waals surface area contributed by atoms with E-state index in [9.17, 15) is 0 Å². The van der Waals surface area contributed by atoms with Crippen molar-refractivity contribution in [3.8, 4) is 0 Å². The third-order valence-electron chi connectivity index (χ3n) is 1.70. The van der Waals surface area contributed by atoms with Crippen molar-refractivity contribution >= 4 is 57.2 Å². The minimum Gasteiger partial charge on any atom is -0.242 e. The molecule has 72 valence electrons. The Morgan fingerprint density at radius 1 is 1.00 bits per heavy atom. The molecule has 2 aromatic rings. The molecule has 14 heavy (non-hydrogen) atoms. The summed E-state index contributed by atoms with van der Waals surface area (Å²) in [5, 5.41) is 2.34. The lowest BCUT2D eigenvalue weighted by molar-refractivity contribution is 1.32. The average molecular weight is 268 g/mol. The highest BCUT2D eigenvalue weighted by Crippen LogP contribution is 2.33. The van der Waals surface area contributed by atoms with Gasteiger partial charge in [0.2, 0.25) is 0 Å². The summed E-state index contributed by atoms with van der Waals surface area (Å²) in [6.07, 6.45) is 1.44. The minimum absolute atomic E-state index is 0.201. The Balaban J connectivity index is 3.00. The normalized spacial score (nSPS) is 10.9. The summed E-state index contributed by atoms with van der Waals surface area (Å²) in [6.45, 7) is 0. The molecule has 2 aromatic heterocycles. The molecule has 0 aliphatic carbocycles. The molecule has 0 aliphatic rings. The van der Waals surface area contributed by atoms with Gasteiger partial charge in [-0.25, -0.2) is 9.97 Å². The lowest BCUT2D eigenvalue weighted by Gasteiger charge is -2.03. The van der Waals surface area contributed by atoms with Gasteiger partial charge in [-0.2, -0.15) is 0 Å². The Bertz CT molecular complexity index is 512. The van der Waals surface area contributed by atoms with E-state index in [-0.39, 0.29) is 15.5 Å². The number of hydrogen-bond donors (Lipinski definition) is 0. The van der Waals surface area contributed by atoms with E-state index in [1.807, 2.05) is 0 Å². The van der Waals surface area contributed by atoms with E-state index in [2.05, 4.69) is 9.97 Å². The lowest BCUT2D eigenvalue weighted by atomic mass is 10.2. The second-order valence-electron chi connectivity index (χ2n) is 2.56. The number of aromatic nitrogens is 2. The summed E-state index contributed by atoms with van der Waals surface area (Å²) in [7, 11) is 0. The molecule has 0 saturated heterocycles. The van der Waals surface area contributed by atoms with Crippen molar-refractivity contribution < 1.29 is 0 Å². The fourth-order valence-electron chi connectivity index (χ4n) is 1.12. The predicted molar refractivity (Wildman–Crippen MR) is 59.6 cm³/mol. The first kappa shape index (κ1) is 10.2. The number of rotatable bonds is 0. The van der Waals surface area contributed by atoms with Crippen molar-refractivity contribution in [3.63, 3.8) is 0 Å². The third kappa shape index (κ3) is 1.63. The zero-order valence-electron chi connectivity index (χ0n) is 6.56. The molecule has 2 rings (SSSR count). The average Bonchev–Trinajstić information content (AvgIpc) is 2.10. The van der Waals surface area contributed by atoms with Crippen LogP contribution in [0, 0.1) is 0 Å². The predicted octanol–water partition coefficient (Wildman–Crippen LogP) is 4.24. The molecule has 0 aliphatic heterocycles. The van der Waals surface area contributed by atoms with E-state index in [1.54, 1.807) is 6.07 Å². The molecular formula is C8H2Cl4N2. The molecule has 0 spiro atoms. The maximum Gasteiger partial charge on any atom is 0.141 e. The van der Waals surface area contributed by atoms with Gasteiger partial charge in [0.1, 0.15) is 15.5 Å². The summed E-state index contributed by atoms with van der Waals surface area (Å²) in [4.78, 5) is 7.71. The van der Waals surface area contributed by atoms with Crippen molar-refractivity contribution in [2.75, 3.05) is 0 Å². The lowest BCUT2D eigenvalue weighted by Crippen LogP contribution is -1.86. The van der Waals surface area contributed by atoms with Crippen molar-refractivity contribution in [1.29, 1.82) is 0 Å². The SMILES string of the molecule is Clc1cc2c(Cl)cnc(Cl)c2c(Cl)n1. The van der Waals surface area contributed by atoms with Gasteiger partial charge in [0.05, 0.1) is 10.4 Å². The van der Waals surface area contributed by atoms with E-state index >= 15 is 0 Å². The van der Waals surface area contributed by atoms with Gasteiger partial charge in [-0.15, -0.1) is 0 Å². The van der Waals surface area contributed by atoms with Gasteiger partial charge in [0.15, 0.2) is 0 Å². The number of pyridine rings is 2.